The van der Waals surface area contributed by atoms with Gasteiger partial charge in [0, 0.05) is 22.0 Å². The second-order valence-electron chi connectivity index (χ2n) is 3.76. The summed E-state index contributed by atoms with van der Waals surface area (Å²) in [5.74, 6) is -0.910. The number of carboxylic acid groups (broad SMARTS) is 1. The summed E-state index contributed by atoms with van der Waals surface area (Å²) in [6.45, 7) is 2.94. The first-order valence-electron chi connectivity index (χ1n) is 5.34. The van der Waals surface area contributed by atoms with Gasteiger partial charge in [0.25, 0.3) is 0 Å². The van der Waals surface area contributed by atoms with Crippen molar-refractivity contribution in [1.82, 2.24) is 0 Å². The Bertz CT molecular complexity index is 398. The molecule has 0 aliphatic heterocycles. The van der Waals surface area contributed by atoms with Crippen LogP contribution in [0.25, 0.3) is 0 Å². The zero-order chi connectivity index (χ0) is 12.8. The molecule has 0 aliphatic carbocycles. The number of hydrogen-bond donors (Lipinski definition) is 2. The minimum atomic E-state index is -0.910. The van der Waals surface area contributed by atoms with E-state index in [1.54, 1.807) is 12.1 Å². The Morgan fingerprint density at radius 2 is 2.29 bits per heavy atom. The van der Waals surface area contributed by atoms with E-state index in [2.05, 4.69) is 34.4 Å². The van der Waals surface area contributed by atoms with Crippen molar-refractivity contribution in [1.29, 1.82) is 0 Å². The molecule has 0 bridgehead atoms. The number of hydrogen-bond acceptors (Lipinski definition) is 3. The van der Waals surface area contributed by atoms with E-state index in [1.807, 2.05) is 17.8 Å². The predicted octanol–water partition coefficient (Wildman–Crippen LogP) is 3.70. The molecule has 1 atom stereocenters. The van der Waals surface area contributed by atoms with Gasteiger partial charge in [0.15, 0.2) is 0 Å². The van der Waals surface area contributed by atoms with Crippen LogP contribution in [0.3, 0.4) is 0 Å². The first-order chi connectivity index (χ1) is 8.04. The van der Waals surface area contributed by atoms with Crippen molar-refractivity contribution in [3.63, 3.8) is 0 Å². The predicted molar refractivity (Wildman–Crippen MR) is 77.2 cm³/mol. The van der Waals surface area contributed by atoms with Crippen LogP contribution in [-0.4, -0.2) is 29.1 Å². The fraction of sp³-hybridized carbons (Fsp3) is 0.417. The highest BCUT2D eigenvalue weighted by Gasteiger charge is 2.10. The third kappa shape index (κ3) is 4.60. The van der Waals surface area contributed by atoms with E-state index in [0.29, 0.717) is 16.5 Å². The summed E-state index contributed by atoms with van der Waals surface area (Å²) in [6.07, 6.45) is 3.09. The average Bonchev–Trinajstić information content (AvgIpc) is 2.30. The molecule has 0 heterocycles. The number of carboxylic acids is 1. The molecule has 94 valence electrons. The van der Waals surface area contributed by atoms with Crippen LogP contribution in [0.5, 0.6) is 0 Å². The summed E-state index contributed by atoms with van der Waals surface area (Å²) in [4.78, 5) is 11.1. The Labute approximate surface area is 114 Å². The van der Waals surface area contributed by atoms with Crippen molar-refractivity contribution in [2.45, 2.75) is 18.6 Å². The van der Waals surface area contributed by atoms with Crippen LogP contribution in [0.4, 0.5) is 5.69 Å². The second kappa shape index (κ2) is 6.91. The molecule has 0 aromatic heterocycles. The van der Waals surface area contributed by atoms with E-state index in [-0.39, 0.29) is 0 Å². The van der Waals surface area contributed by atoms with Crippen LogP contribution in [0, 0.1) is 0 Å². The lowest BCUT2D eigenvalue weighted by Crippen LogP contribution is -2.11. The van der Waals surface area contributed by atoms with Crippen LogP contribution in [0.2, 0.25) is 0 Å². The van der Waals surface area contributed by atoms with Gasteiger partial charge in [-0.2, -0.15) is 11.8 Å². The van der Waals surface area contributed by atoms with Gasteiger partial charge in [0.05, 0.1) is 5.56 Å². The van der Waals surface area contributed by atoms with Crippen LogP contribution in [-0.2, 0) is 0 Å². The first-order valence-corrected chi connectivity index (χ1v) is 7.42. The van der Waals surface area contributed by atoms with Gasteiger partial charge in [0.2, 0.25) is 0 Å². The minimum absolute atomic E-state index is 0.302. The topological polar surface area (TPSA) is 49.3 Å². The molecule has 0 radical (unpaired) electrons. The quantitative estimate of drug-likeness (QED) is 0.840. The van der Waals surface area contributed by atoms with E-state index in [0.717, 1.165) is 17.4 Å². The van der Waals surface area contributed by atoms with E-state index in [9.17, 15) is 4.79 Å². The summed E-state index contributed by atoms with van der Waals surface area (Å²) < 4.78 is 0.776. The molecule has 1 rings (SSSR count). The number of carbonyl (C=O) groups is 1. The third-order valence-electron chi connectivity index (χ3n) is 2.48. The Morgan fingerprint density at radius 1 is 1.59 bits per heavy atom. The maximum Gasteiger partial charge on any atom is 0.337 e. The third-order valence-corrected chi connectivity index (χ3v) is 4.01. The van der Waals surface area contributed by atoms with Gasteiger partial charge in [-0.05, 0) is 30.9 Å². The van der Waals surface area contributed by atoms with Crippen LogP contribution >= 0.6 is 27.7 Å². The van der Waals surface area contributed by atoms with Gasteiger partial charge < -0.3 is 10.4 Å². The molecule has 0 saturated carbocycles. The van der Waals surface area contributed by atoms with Crippen LogP contribution in [0.15, 0.2) is 22.7 Å². The molecule has 1 unspecified atom stereocenters. The maximum absolute atomic E-state index is 11.1. The van der Waals surface area contributed by atoms with Crippen molar-refractivity contribution in [3.8, 4) is 0 Å². The fourth-order valence-electron chi connectivity index (χ4n) is 1.38. The molecule has 0 fully saturated rings. The Balaban J connectivity index is 2.67. The zero-order valence-corrected chi connectivity index (χ0v) is 12.3. The monoisotopic (exact) mass is 317 g/mol. The zero-order valence-electron chi connectivity index (χ0n) is 9.87. The van der Waals surface area contributed by atoms with Crippen LogP contribution in [0.1, 0.15) is 23.7 Å². The standard InChI is InChI=1S/C12H16BrNO2S/c1-8(17-2)5-6-14-11-4-3-9(13)7-10(11)12(15)16/h3-4,7-8,14H,5-6H2,1-2H3,(H,15,16). The van der Waals surface area contributed by atoms with E-state index < -0.39 is 5.97 Å². The highest BCUT2D eigenvalue weighted by molar-refractivity contribution is 9.10. The molecule has 17 heavy (non-hydrogen) atoms. The van der Waals surface area contributed by atoms with Gasteiger partial charge in [-0.3, -0.25) is 0 Å². The van der Waals surface area contributed by atoms with Gasteiger partial charge in [-0.25, -0.2) is 4.79 Å². The molecule has 0 saturated heterocycles. The van der Waals surface area contributed by atoms with Crippen molar-refractivity contribution in [2.75, 3.05) is 18.1 Å². The van der Waals surface area contributed by atoms with Crippen LogP contribution < -0.4 is 5.32 Å². The van der Waals surface area contributed by atoms with Gasteiger partial charge in [0.1, 0.15) is 0 Å². The molecule has 2 N–H and O–H groups in total. The summed E-state index contributed by atoms with van der Waals surface area (Å²) >= 11 is 5.08. The number of aromatic carboxylic acids is 1. The Morgan fingerprint density at radius 3 is 2.88 bits per heavy atom. The summed E-state index contributed by atoms with van der Waals surface area (Å²) in [6, 6.07) is 5.24. The maximum atomic E-state index is 11.1. The molecule has 3 nitrogen and oxygen atoms in total. The lowest BCUT2D eigenvalue weighted by Gasteiger charge is -2.12. The number of thioether (sulfide) groups is 1. The molecule has 0 spiro atoms. The molecular weight excluding hydrogens is 302 g/mol. The normalized spacial score (nSPS) is 12.2. The number of benzene rings is 1. The SMILES string of the molecule is CSC(C)CCNc1ccc(Br)cc1C(=O)O. The first kappa shape index (κ1) is 14.4. The van der Waals surface area contributed by atoms with Crippen molar-refractivity contribution >= 4 is 39.3 Å². The summed E-state index contributed by atoms with van der Waals surface area (Å²) in [5, 5.41) is 12.8. The van der Waals surface area contributed by atoms with Gasteiger partial charge >= 0.3 is 5.97 Å². The number of halogens is 1. The minimum Gasteiger partial charge on any atom is -0.478 e. The molecule has 5 heteroatoms. The van der Waals surface area contributed by atoms with Crippen molar-refractivity contribution in [3.05, 3.63) is 28.2 Å². The Hall–Kier alpha value is -0.680. The molecular formula is C12H16BrNO2S. The average molecular weight is 318 g/mol. The van der Waals surface area contributed by atoms with Gasteiger partial charge in [-0.15, -0.1) is 0 Å². The van der Waals surface area contributed by atoms with E-state index in [1.165, 1.54) is 0 Å². The highest BCUT2D eigenvalue weighted by Crippen LogP contribution is 2.21. The number of anilines is 1. The van der Waals surface area contributed by atoms with Gasteiger partial charge in [-0.1, -0.05) is 22.9 Å². The van der Waals surface area contributed by atoms with Crippen molar-refractivity contribution < 1.29 is 9.90 Å². The smallest absolute Gasteiger partial charge is 0.337 e. The summed E-state index contributed by atoms with van der Waals surface area (Å²) in [5.41, 5.74) is 0.977. The lowest BCUT2D eigenvalue weighted by molar-refractivity contribution is 0.0698. The molecule has 0 amide bonds. The second-order valence-corrected chi connectivity index (χ2v) is 5.95. The lowest BCUT2D eigenvalue weighted by atomic mass is 10.1. The number of nitrogens with one attached hydrogen (secondary N) is 1. The Kier molecular flexibility index (Phi) is 5.85. The van der Waals surface area contributed by atoms with E-state index in [4.69, 9.17) is 5.11 Å². The van der Waals surface area contributed by atoms with E-state index >= 15 is 0 Å². The molecule has 0 aliphatic rings. The number of rotatable bonds is 6. The van der Waals surface area contributed by atoms with Crippen molar-refractivity contribution in [2.24, 2.45) is 0 Å². The molecule has 1 aromatic carbocycles. The fourth-order valence-corrected chi connectivity index (χ4v) is 2.09. The largest absolute Gasteiger partial charge is 0.478 e. The summed E-state index contributed by atoms with van der Waals surface area (Å²) in [7, 11) is 0. The molecule has 1 aromatic rings. The highest BCUT2D eigenvalue weighted by atomic mass is 79.9.